The highest BCUT2D eigenvalue weighted by atomic mass is 19.1. The van der Waals surface area contributed by atoms with Crippen molar-refractivity contribution in [2.24, 2.45) is 0 Å². The van der Waals surface area contributed by atoms with E-state index in [1.807, 2.05) is 25.1 Å². The molecule has 2 aromatic carbocycles. The van der Waals surface area contributed by atoms with Gasteiger partial charge in [0.1, 0.15) is 24.1 Å². The summed E-state index contributed by atoms with van der Waals surface area (Å²) in [6.45, 7) is 7.96. The van der Waals surface area contributed by atoms with Crippen LogP contribution in [0, 0.1) is 12.7 Å². The van der Waals surface area contributed by atoms with Crippen LogP contribution in [0.1, 0.15) is 11.1 Å². The fraction of sp³-hybridized carbons (Fsp3) is 0.300. The summed E-state index contributed by atoms with van der Waals surface area (Å²) in [5, 5.41) is 6.72. The second-order valence-corrected chi connectivity index (χ2v) is 10.2. The first-order valence-electron chi connectivity index (χ1n) is 13.5. The van der Waals surface area contributed by atoms with Gasteiger partial charge in [0.25, 0.3) is 0 Å². The first-order chi connectivity index (χ1) is 19.5. The maximum atomic E-state index is 13.4. The Morgan fingerprint density at radius 2 is 1.75 bits per heavy atom. The normalized spacial score (nSPS) is 15.4. The number of hydrogen-bond donors (Lipinski definition) is 2. The second-order valence-electron chi connectivity index (χ2n) is 10.2. The topological polar surface area (TPSA) is 81.7 Å². The van der Waals surface area contributed by atoms with Gasteiger partial charge in [0.2, 0.25) is 5.95 Å². The summed E-state index contributed by atoms with van der Waals surface area (Å²) in [6.07, 6.45) is 1.80. The largest absolute Gasteiger partial charge is 0.488 e. The Morgan fingerprint density at radius 1 is 0.925 bits per heavy atom. The van der Waals surface area contributed by atoms with Crippen molar-refractivity contribution < 1.29 is 9.13 Å². The minimum atomic E-state index is -0.243. The first-order valence-corrected chi connectivity index (χ1v) is 13.5. The number of anilines is 6. The molecule has 0 unspecified atom stereocenters. The SMILES string of the molecule is Cc1cnc(Nc2cccc(N3CCN(C)CC3)c2)nc1Nc1ccc2c(n1)N(Cc1ccc(F)cc1)CCO2. The summed E-state index contributed by atoms with van der Waals surface area (Å²) in [5.74, 6) is 3.04. The van der Waals surface area contributed by atoms with Gasteiger partial charge in [0.15, 0.2) is 11.6 Å². The molecule has 0 spiro atoms. The van der Waals surface area contributed by atoms with Crippen LogP contribution in [0.5, 0.6) is 5.75 Å². The van der Waals surface area contributed by atoms with Gasteiger partial charge in [-0.2, -0.15) is 4.98 Å². The molecule has 2 aliphatic heterocycles. The molecule has 1 fully saturated rings. The van der Waals surface area contributed by atoms with Crippen LogP contribution in [0.15, 0.2) is 66.9 Å². The predicted octanol–water partition coefficient (Wildman–Crippen LogP) is 4.96. The van der Waals surface area contributed by atoms with Crippen molar-refractivity contribution in [2.75, 3.05) is 66.8 Å². The zero-order valence-corrected chi connectivity index (χ0v) is 22.8. The van der Waals surface area contributed by atoms with Crippen molar-refractivity contribution in [2.45, 2.75) is 13.5 Å². The molecule has 2 N–H and O–H groups in total. The molecular formula is C30H33FN8O. The number of halogens is 1. The fourth-order valence-electron chi connectivity index (χ4n) is 4.90. The van der Waals surface area contributed by atoms with E-state index < -0.39 is 0 Å². The summed E-state index contributed by atoms with van der Waals surface area (Å²) < 4.78 is 19.2. The Morgan fingerprint density at radius 3 is 2.58 bits per heavy atom. The maximum Gasteiger partial charge on any atom is 0.229 e. The molecule has 0 bridgehead atoms. The van der Waals surface area contributed by atoms with Crippen LogP contribution in [-0.2, 0) is 6.54 Å². The van der Waals surface area contributed by atoms with Gasteiger partial charge in [-0.25, -0.2) is 14.4 Å². The average molecular weight is 541 g/mol. The van der Waals surface area contributed by atoms with Gasteiger partial charge < -0.3 is 30.1 Å². The van der Waals surface area contributed by atoms with Crippen molar-refractivity contribution >= 4 is 34.8 Å². The molecule has 1 saturated heterocycles. The van der Waals surface area contributed by atoms with Crippen LogP contribution in [0.4, 0.5) is 39.2 Å². The number of fused-ring (bicyclic) bond motifs is 1. The highest BCUT2D eigenvalue weighted by Gasteiger charge is 2.21. The van der Waals surface area contributed by atoms with E-state index in [9.17, 15) is 4.39 Å². The smallest absolute Gasteiger partial charge is 0.229 e. The number of ether oxygens (including phenoxy) is 1. The lowest BCUT2D eigenvalue weighted by molar-refractivity contribution is 0.304. The summed E-state index contributed by atoms with van der Waals surface area (Å²) in [7, 11) is 2.16. The molecule has 40 heavy (non-hydrogen) atoms. The van der Waals surface area contributed by atoms with Crippen molar-refractivity contribution in [1.29, 1.82) is 0 Å². The molecule has 9 nitrogen and oxygen atoms in total. The average Bonchev–Trinajstić information content (AvgIpc) is 2.97. The lowest BCUT2D eigenvalue weighted by Gasteiger charge is -2.34. The summed E-state index contributed by atoms with van der Waals surface area (Å²) in [6, 6.07) is 18.7. The zero-order valence-electron chi connectivity index (χ0n) is 22.8. The maximum absolute atomic E-state index is 13.4. The zero-order chi connectivity index (χ0) is 27.5. The highest BCUT2D eigenvalue weighted by molar-refractivity contribution is 5.66. The lowest BCUT2D eigenvalue weighted by atomic mass is 10.2. The number of nitrogens with zero attached hydrogens (tertiary/aromatic N) is 6. The Balaban J connectivity index is 1.18. The van der Waals surface area contributed by atoms with Gasteiger partial charge in [-0.15, -0.1) is 0 Å². The number of aryl methyl sites for hydroxylation is 1. The number of benzene rings is 2. The Hall–Kier alpha value is -4.44. The van der Waals surface area contributed by atoms with Crippen LogP contribution >= 0.6 is 0 Å². The number of nitrogens with one attached hydrogen (secondary N) is 2. The van der Waals surface area contributed by atoms with Crippen LogP contribution in [0.2, 0.25) is 0 Å². The third-order valence-corrected chi connectivity index (χ3v) is 7.23. The Labute approximate surface area is 233 Å². The molecule has 2 aliphatic rings. The summed E-state index contributed by atoms with van der Waals surface area (Å²) in [4.78, 5) is 21.0. The number of piperazine rings is 1. The molecule has 10 heteroatoms. The van der Waals surface area contributed by atoms with Gasteiger partial charge in [-0.3, -0.25) is 0 Å². The van der Waals surface area contributed by atoms with Crippen LogP contribution in [-0.4, -0.2) is 66.2 Å². The quantitative estimate of drug-likeness (QED) is 0.338. The lowest BCUT2D eigenvalue weighted by Crippen LogP contribution is -2.44. The van der Waals surface area contributed by atoms with E-state index in [1.54, 1.807) is 18.3 Å². The van der Waals surface area contributed by atoms with Crippen molar-refractivity contribution in [3.8, 4) is 5.75 Å². The minimum absolute atomic E-state index is 0.243. The molecule has 4 aromatic rings. The van der Waals surface area contributed by atoms with Gasteiger partial charge >= 0.3 is 0 Å². The third kappa shape index (κ3) is 5.91. The molecule has 0 radical (unpaired) electrons. The van der Waals surface area contributed by atoms with E-state index in [0.717, 1.165) is 54.6 Å². The first kappa shape index (κ1) is 25.8. The number of hydrogen-bond acceptors (Lipinski definition) is 9. The molecule has 2 aromatic heterocycles. The van der Waals surface area contributed by atoms with Crippen LogP contribution in [0.25, 0.3) is 0 Å². The summed E-state index contributed by atoms with van der Waals surface area (Å²) in [5.41, 5.74) is 4.03. The van der Waals surface area contributed by atoms with Crippen molar-refractivity contribution in [3.63, 3.8) is 0 Å². The van der Waals surface area contributed by atoms with E-state index in [4.69, 9.17) is 14.7 Å². The number of pyridine rings is 1. The number of aromatic nitrogens is 3. The number of rotatable bonds is 7. The monoisotopic (exact) mass is 540 g/mol. The molecule has 0 saturated carbocycles. The van der Waals surface area contributed by atoms with E-state index >= 15 is 0 Å². The number of likely N-dealkylation sites (N-methyl/N-ethyl adjacent to an activating group) is 1. The van der Waals surface area contributed by atoms with Gasteiger partial charge in [-0.1, -0.05) is 18.2 Å². The van der Waals surface area contributed by atoms with Crippen molar-refractivity contribution in [1.82, 2.24) is 19.9 Å². The van der Waals surface area contributed by atoms with Crippen molar-refractivity contribution in [3.05, 3.63) is 83.8 Å². The highest BCUT2D eigenvalue weighted by Crippen LogP contribution is 2.33. The third-order valence-electron chi connectivity index (χ3n) is 7.23. The van der Waals surface area contributed by atoms with Gasteiger partial charge in [0, 0.05) is 55.9 Å². The Bertz CT molecular complexity index is 1470. The molecule has 0 aliphatic carbocycles. The van der Waals surface area contributed by atoms with Gasteiger partial charge in [0.05, 0.1) is 6.54 Å². The molecular weight excluding hydrogens is 507 g/mol. The molecule has 6 rings (SSSR count). The van der Waals surface area contributed by atoms with Crippen LogP contribution < -0.4 is 25.2 Å². The molecule has 4 heterocycles. The van der Waals surface area contributed by atoms with E-state index in [2.05, 4.69) is 55.6 Å². The molecule has 0 atom stereocenters. The fourth-order valence-corrected chi connectivity index (χ4v) is 4.90. The Kier molecular flexibility index (Phi) is 7.33. The molecule has 0 amide bonds. The van der Waals surface area contributed by atoms with Crippen LogP contribution in [0.3, 0.4) is 0 Å². The minimum Gasteiger partial charge on any atom is -0.488 e. The van der Waals surface area contributed by atoms with E-state index in [1.165, 1.54) is 17.8 Å². The predicted molar refractivity (Wildman–Crippen MR) is 157 cm³/mol. The second kappa shape index (κ2) is 11.4. The summed E-state index contributed by atoms with van der Waals surface area (Å²) >= 11 is 0. The molecule has 206 valence electrons. The van der Waals surface area contributed by atoms with E-state index in [0.29, 0.717) is 37.3 Å². The standard InChI is InChI=1S/C30H33FN8O/c1-21-19-32-30(33-24-4-3-5-25(18-24)38-14-12-37(2)13-15-38)36-28(21)34-27-11-10-26-29(35-27)39(16-17-40-26)20-22-6-8-23(31)9-7-22/h3-11,18-19H,12-17,20H2,1-2H3,(H2,32,33,34,35,36). The van der Waals surface area contributed by atoms with Gasteiger partial charge in [-0.05, 0) is 62.0 Å². The van der Waals surface area contributed by atoms with E-state index in [-0.39, 0.29) is 5.82 Å².